The predicted octanol–water partition coefficient (Wildman–Crippen LogP) is 7.03. The molecule has 2 aromatic rings. The van der Waals surface area contributed by atoms with Crippen molar-refractivity contribution in [2.45, 2.75) is 43.7 Å². The molecule has 2 heterocycles. The summed E-state index contributed by atoms with van der Waals surface area (Å²) in [7, 11) is 0. The van der Waals surface area contributed by atoms with Crippen molar-refractivity contribution in [2.24, 2.45) is 11.1 Å². The van der Waals surface area contributed by atoms with E-state index in [2.05, 4.69) is 26.0 Å². The number of aryl methyl sites for hydroxylation is 1. The van der Waals surface area contributed by atoms with Gasteiger partial charge in [0, 0.05) is 32.6 Å². The Kier molecular flexibility index (Phi) is 6.15. The highest BCUT2D eigenvalue weighted by atomic mass is 35.5. The molecular formula is C24H23Cl2N3OS2. The Morgan fingerprint density at radius 3 is 2.47 bits per heavy atom. The molecule has 0 saturated carbocycles. The summed E-state index contributed by atoms with van der Waals surface area (Å²) in [4.78, 5) is 16.5. The van der Waals surface area contributed by atoms with Crippen LogP contribution in [0.3, 0.4) is 0 Å². The van der Waals surface area contributed by atoms with Crippen LogP contribution in [-0.2, 0) is 4.79 Å². The van der Waals surface area contributed by atoms with Crippen molar-refractivity contribution in [2.75, 3.05) is 11.2 Å². The largest absolute Gasteiger partial charge is 0.384 e. The fourth-order valence-corrected chi connectivity index (χ4v) is 7.08. The number of thioether (sulfide) groups is 1. The molecule has 32 heavy (non-hydrogen) atoms. The number of nitriles is 1. The number of carbonyl (C=O) groups excluding carboxylic acids is 1. The summed E-state index contributed by atoms with van der Waals surface area (Å²) in [5, 5.41) is 11.1. The lowest BCUT2D eigenvalue weighted by Gasteiger charge is -2.43. The Labute approximate surface area is 206 Å². The average molecular weight is 505 g/mol. The van der Waals surface area contributed by atoms with Crippen molar-refractivity contribution in [1.29, 1.82) is 5.26 Å². The van der Waals surface area contributed by atoms with Crippen molar-refractivity contribution in [1.82, 2.24) is 0 Å². The molecule has 8 heteroatoms. The van der Waals surface area contributed by atoms with E-state index in [1.807, 2.05) is 13.2 Å². The fraction of sp³-hybridized carbons (Fsp3) is 0.333. The molecule has 4 nitrogen and oxygen atoms in total. The number of thiophene rings is 1. The normalized spacial score (nSPS) is 20.5. The zero-order chi connectivity index (χ0) is 23.4. The summed E-state index contributed by atoms with van der Waals surface area (Å²) >= 11 is 15.9. The molecule has 1 aliphatic carbocycles. The van der Waals surface area contributed by atoms with Crippen molar-refractivity contribution in [3.8, 4) is 6.07 Å². The standard InChI is InChI=1S/C24H23Cl2N3OS2/c1-12-5-16(23(31-4)32-12)20-17(11-27)22(28)29(15-7-13(25)6-14(26)8-15)18-9-24(2,3)10-19(30)21(18)20/h5-8,20H,9-10,28H2,1-4H3/t20-/m1/s1. The van der Waals surface area contributed by atoms with E-state index in [9.17, 15) is 10.1 Å². The van der Waals surface area contributed by atoms with Gasteiger partial charge in [0.2, 0.25) is 0 Å². The molecule has 0 radical (unpaired) electrons. The van der Waals surface area contributed by atoms with Gasteiger partial charge in [-0.1, -0.05) is 37.0 Å². The topological polar surface area (TPSA) is 70.1 Å². The summed E-state index contributed by atoms with van der Waals surface area (Å²) in [5.41, 5.74) is 9.92. The van der Waals surface area contributed by atoms with E-state index in [1.165, 1.54) is 0 Å². The Morgan fingerprint density at radius 1 is 1.22 bits per heavy atom. The van der Waals surface area contributed by atoms with E-state index in [-0.39, 0.29) is 11.2 Å². The van der Waals surface area contributed by atoms with Gasteiger partial charge in [-0.05, 0) is 54.8 Å². The zero-order valence-electron chi connectivity index (χ0n) is 18.3. The van der Waals surface area contributed by atoms with Crippen LogP contribution >= 0.6 is 46.3 Å². The Bertz CT molecular complexity index is 1220. The van der Waals surface area contributed by atoms with Crippen LogP contribution < -0.4 is 10.6 Å². The van der Waals surface area contributed by atoms with E-state index in [4.69, 9.17) is 28.9 Å². The number of nitrogens with zero attached hydrogens (tertiary/aromatic N) is 2. The quantitative estimate of drug-likeness (QED) is 0.455. The SMILES string of the molecule is CSc1sc(C)cc1[C@@H]1C(C#N)=C(N)N(c2cc(Cl)cc(Cl)c2)C2=C1C(=O)CC(C)(C)C2. The number of allylic oxidation sites excluding steroid dienone is 3. The number of rotatable bonds is 3. The monoisotopic (exact) mass is 503 g/mol. The molecule has 1 aromatic heterocycles. The van der Waals surface area contributed by atoms with Crippen molar-refractivity contribution in [3.05, 3.63) is 67.4 Å². The second-order valence-electron chi connectivity index (χ2n) is 8.91. The first-order chi connectivity index (χ1) is 15.1. The number of halogens is 2. The maximum atomic E-state index is 13.6. The molecule has 4 rings (SSSR count). The molecule has 0 fully saturated rings. The van der Waals surface area contributed by atoms with Crippen LogP contribution in [0.5, 0.6) is 0 Å². The molecule has 1 aromatic carbocycles. The highest BCUT2D eigenvalue weighted by Gasteiger charge is 2.45. The van der Waals surface area contributed by atoms with Gasteiger partial charge in [-0.25, -0.2) is 0 Å². The van der Waals surface area contributed by atoms with Crippen molar-refractivity contribution < 1.29 is 4.79 Å². The van der Waals surface area contributed by atoms with Crippen LogP contribution in [-0.4, -0.2) is 12.0 Å². The number of benzene rings is 1. The van der Waals surface area contributed by atoms with Gasteiger partial charge in [-0.2, -0.15) is 5.26 Å². The minimum absolute atomic E-state index is 0.0514. The summed E-state index contributed by atoms with van der Waals surface area (Å²) in [5.74, 6) is -0.108. The molecular weight excluding hydrogens is 481 g/mol. The maximum absolute atomic E-state index is 13.6. The third-order valence-corrected chi connectivity index (χ3v) is 8.48. The number of nitrogens with two attached hydrogens (primary N) is 1. The molecule has 166 valence electrons. The molecule has 0 saturated heterocycles. The van der Waals surface area contributed by atoms with Gasteiger partial charge in [-0.3, -0.25) is 9.69 Å². The Morgan fingerprint density at radius 2 is 1.88 bits per heavy atom. The molecule has 1 aliphatic heterocycles. The summed E-state index contributed by atoms with van der Waals surface area (Å²) in [6.07, 6.45) is 3.08. The molecule has 0 spiro atoms. The van der Waals surface area contributed by atoms with Crippen LogP contribution in [0.2, 0.25) is 10.0 Å². The maximum Gasteiger partial charge on any atom is 0.162 e. The first-order valence-corrected chi connectivity index (χ1v) is 12.9. The van der Waals surface area contributed by atoms with Gasteiger partial charge in [-0.15, -0.1) is 23.1 Å². The molecule has 2 aliphatic rings. The average Bonchev–Trinajstić information content (AvgIpc) is 3.05. The van der Waals surface area contributed by atoms with Gasteiger partial charge in [0.1, 0.15) is 5.82 Å². The number of hydrogen-bond donors (Lipinski definition) is 1. The van der Waals surface area contributed by atoms with Crippen molar-refractivity contribution in [3.63, 3.8) is 0 Å². The van der Waals surface area contributed by atoms with Crippen molar-refractivity contribution >= 4 is 57.8 Å². The summed E-state index contributed by atoms with van der Waals surface area (Å²) < 4.78 is 1.09. The smallest absolute Gasteiger partial charge is 0.162 e. The summed E-state index contributed by atoms with van der Waals surface area (Å²) in [6, 6.07) is 9.56. The minimum Gasteiger partial charge on any atom is -0.384 e. The second kappa shape index (κ2) is 8.46. The highest BCUT2D eigenvalue weighted by molar-refractivity contribution is 8.00. The van der Waals surface area contributed by atoms with Gasteiger partial charge in [0.05, 0.1) is 27.5 Å². The van der Waals surface area contributed by atoms with Crippen LogP contribution in [0.1, 0.15) is 43.0 Å². The van der Waals surface area contributed by atoms with Gasteiger partial charge in [0.15, 0.2) is 5.78 Å². The fourth-order valence-electron chi connectivity index (χ4n) is 4.66. The Balaban J connectivity index is 2.04. The van der Waals surface area contributed by atoms with E-state index in [0.29, 0.717) is 45.5 Å². The first-order valence-electron chi connectivity index (χ1n) is 10.1. The highest BCUT2D eigenvalue weighted by Crippen LogP contribution is 2.52. The number of hydrogen-bond acceptors (Lipinski definition) is 6. The third-order valence-electron chi connectivity index (χ3n) is 5.83. The molecule has 0 unspecified atom stereocenters. The number of ketones is 1. The number of Topliss-reactive ketones (excluding diaryl/α,β-unsaturated/α-hetero) is 1. The lowest BCUT2D eigenvalue weighted by Crippen LogP contribution is -2.42. The van der Waals surface area contributed by atoms with Crippen LogP contribution in [0.25, 0.3) is 0 Å². The van der Waals surface area contributed by atoms with E-state index >= 15 is 0 Å². The lowest BCUT2D eigenvalue weighted by atomic mass is 9.69. The molecule has 0 amide bonds. The molecule has 2 N–H and O–H groups in total. The Hall–Kier alpha value is -1.91. The molecule has 1 atom stereocenters. The van der Waals surface area contributed by atoms with Crippen LogP contribution in [0, 0.1) is 23.7 Å². The van der Waals surface area contributed by atoms with E-state index in [0.717, 1.165) is 20.3 Å². The zero-order valence-corrected chi connectivity index (χ0v) is 21.4. The molecule has 0 bridgehead atoms. The van der Waals surface area contributed by atoms with Gasteiger partial charge >= 0.3 is 0 Å². The predicted molar refractivity (Wildman–Crippen MR) is 134 cm³/mol. The van der Waals surface area contributed by atoms with Crippen LogP contribution in [0.15, 0.2) is 51.1 Å². The van der Waals surface area contributed by atoms with Crippen LogP contribution in [0.4, 0.5) is 5.69 Å². The van der Waals surface area contributed by atoms with E-state index in [1.54, 1.807) is 46.2 Å². The van der Waals surface area contributed by atoms with E-state index < -0.39 is 5.92 Å². The number of anilines is 1. The minimum atomic E-state index is -0.475. The first kappa shape index (κ1) is 23.3. The number of carbonyl (C=O) groups is 1. The summed E-state index contributed by atoms with van der Waals surface area (Å²) in [6.45, 7) is 6.19. The van der Waals surface area contributed by atoms with Gasteiger partial charge < -0.3 is 5.73 Å². The van der Waals surface area contributed by atoms with Gasteiger partial charge in [0.25, 0.3) is 0 Å². The second-order valence-corrected chi connectivity index (χ2v) is 12.1. The third kappa shape index (κ3) is 3.97. The lowest BCUT2D eigenvalue weighted by molar-refractivity contribution is -0.118.